The highest BCUT2D eigenvalue weighted by Crippen LogP contribution is 2.39. The number of nitrogens with one attached hydrogen (secondary N) is 1. The molecule has 0 aliphatic heterocycles. The Hall–Kier alpha value is -3.36. The quantitative estimate of drug-likeness (QED) is 0.590. The van der Waals surface area contributed by atoms with Crippen LogP contribution in [-0.2, 0) is 4.79 Å². The second kappa shape index (κ2) is 10.6. The number of benzene rings is 2. The van der Waals surface area contributed by atoms with Gasteiger partial charge in [0.25, 0.3) is 0 Å². The molecule has 31 heavy (non-hydrogen) atoms. The summed E-state index contributed by atoms with van der Waals surface area (Å²) in [6, 6.07) is 10.3. The highest BCUT2D eigenvalue weighted by molar-refractivity contribution is 5.86. The number of rotatable bonds is 9. The summed E-state index contributed by atoms with van der Waals surface area (Å²) < 4.78 is 58.6. The Kier molecular flexibility index (Phi) is 8.18. The van der Waals surface area contributed by atoms with Crippen LogP contribution in [0.2, 0.25) is 0 Å². The molecule has 0 heterocycles. The van der Waals surface area contributed by atoms with Crippen molar-refractivity contribution in [3.8, 4) is 23.0 Å². The van der Waals surface area contributed by atoms with Gasteiger partial charge in [-0.1, -0.05) is 12.1 Å². The molecule has 0 atom stereocenters. The molecule has 0 aromatic heterocycles. The summed E-state index contributed by atoms with van der Waals surface area (Å²) in [6.45, 7) is -0.113. The first-order valence-corrected chi connectivity index (χ1v) is 9.19. The van der Waals surface area contributed by atoms with Crippen LogP contribution >= 0.6 is 0 Å². The van der Waals surface area contributed by atoms with E-state index in [4.69, 9.17) is 18.9 Å². The zero-order chi connectivity index (χ0) is 23.0. The standard InChI is InChI=1S/C22H24F3NO5/c1-28-17-7-5-15(6-8-17)16(13-26-20(27)12-22(23,24)25)9-14-10-18(29-2)21(31-4)19(11-14)30-3/h5-11H,12-13H2,1-4H3,(H,26,27)/b16-9-. The molecule has 0 aliphatic carbocycles. The molecule has 1 N–H and O–H groups in total. The van der Waals surface area contributed by atoms with Gasteiger partial charge in [-0.05, 0) is 47.0 Å². The van der Waals surface area contributed by atoms with Crippen molar-refractivity contribution in [1.82, 2.24) is 5.32 Å². The van der Waals surface area contributed by atoms with Gasteiger partial charge in [0.15, 0.2) is 11.5 Å². The number of methoxy groups -OCH3 is 4. The van der Waals surface area contributed by atoms with E-state index in [0.717, 1.165) is 0 Å². The van der Waals surface area contributed by atoms with Crippen LogP contribution < -0.4 is 24.3 Å². The van der Waals surface area contributed by atoms with Gasteiger partial charge >= 0.3 is 6.18 Å². The molecule has 0 spiro atoms. The van der Waals surface area contributed by atoms with E-state index in [9.17, 15) is 18.0 Å². The van der Waals surface area contributed by atoms with Crippen molar-refractivity contribution in [1.29, 1.82) is 0 Å². The van der Waals surface area contributed by atoms with Gasteiger partial charge in [0.05, 0.1) is 28.4 Å². The molecule has 9 heteroatoms. The maximum Gasteiger partial charge on any atom is 0.397 e. The molecular formula is C22H24F3NO5. The lowest BCUT2D eigenvalue weighted by atomic mass is 10.0. The lowest BCUT2D eigenvalue weighted by Gasteiger charge is -2.15. The molecule has 0 radical (unpaired) electrons. The normalized spacial score (nSPS) is 11.6. The number of ether oxygens (including phenoxy) is 4. The third-order valence-electron chi connectivity index (χ3n) is 4.33. The van der Waals surface area contributed by atoms with Crippen LogP contribution in [0.4, 0.5) is 13.2 Å². The Labute approximate surface area is 178 Å². The molecule has 0 bridgehead atoms. The number of alkyl halides is 3. The van der Waals surface area contributed by atoms with Crippen molar-refractivity contribution < 1.29 is 36.9 Å². The van der Waals surface area contributed by atoms with Crippen LogP contribution in [0.5, 0.6) is 23.0 Å². The summed E-state index contributed by atoms with van der Waals surface area (Å²) in [6.07, 6.45) is -4.40. The molecule has 0 saturated carbocycles. The van der Waals surface area contributed by atoms with Crippen molar-refractivity contribution in [3.63, 3.8) is 0 Å². The second-order valence-electron chi connectivity index (χ2n) is 6.43. The van der Waals surface area contributed by atoms with Gasteiger partial charge in [0.1, 0.15) is 12.2 Å². The average molecular weight is 439 g/mol. The zero-order valence-electron chi connectivity index (χ0n) is 17.6. The number of hydrogen-bond acceptors (Lipinski definition) is 5. The van der Waals surface area contributed by atoms with Gasteiger partial charge < -0.3 is 24.3 Å². The Morgan fingerprint density at radius 1 is 0.935 bits per heavy atom. The molecule has 6 nitrogen and oxygen atoms in total. The molecule has 0 unspecified atom stereocenters. The third kappa shape index (κ3) is 6.84. The number of carbonyl (C=O) groups is 1. The zero-order valence-corrected chi connectivity index (χ0v) is 17.6. The van der Waals surface area contributed by atoms with Crippen LogP contribution in [0.1, 0.15) is 17.5 Å². The van der Waals surface area contributed by atoms with Crippen molar-refractivity contribution >= 4 is 17.6 Å². The molecule has 168 valence electrons. The van der Waals surface area contributed by atoms with Crippen LogP contribution in [0.3, 0.4) is 0 Å². The van der Waals surface area contributed by atoms with E-state index in [0.29, 0.717) is 39.7 Å². The van der Waals surface area contributed by atoms with E-state index in [1.807, 2.05) is 0 Å². The largest absolute Gasteiger partial charge is 0.497 e. The van der Waals surface area contributed by atoms with Crippen molar-refractivity contribution in [2.45, 2.75) is 12.6 Å². The third-order valence-corrected chi connectivity index (χ3v) is 4.33. The molecule has 0 fully saturated rings. The summed E-state index contributed by atoms with van der Waals surface area (Å²) in [4.78, 5) is 11.7. The monoisotopic (exact) mass is 439 g/mol. The number of halogens is 3. The minimum Gasteiger partial charge on any atom is -0.497 e. The van der Waals surface area contributed by atoms with Gasteiger partial charge in [-0.25, -0.2) is 0 Å². The lowest BCUT2D eigenvalue weighted by molar-refractivity contribution is -0.153. The number of carbonyl (C=O) groups excluding carboxylic acids is 1. The minimum absolute atomic E-state index is 0.113. The maximum absolute atomic E-state index is 12.5. The van der Waals surface area contributed by atoms with Crippen LogP contribution in [0.15, 0.2) is 36.4 Å². The minimum atomic E-state index is -4.58. The van der Waals surface area contributed by atoms with Gasteiger partial charge in [-0.15, -0.1) is 0 Å². The van der Waals surface area contributed by atoms with E-state index in [1.165, 1.54) is 28.4 Å². The summed E-state index contributed by atoms with van der Waals surface area (Å²) in [5, 5.41) is 2.32. The molecule has 1 amide bonds. The predicted octanol–water partition coefficient (Wildman–Crippen LogP) is 4.33. The predicted molar refractivity (Wildman–Crippen MR) is 111 cm³/mol. The van der Waals surface area contributed by atoms with E-state index in [2.05, 4.69) is 5.32 Å². The van der Waals surface area contributed by atoms with Gasteiger partial charge in [0.2, 0.25) is 11.7 Å². The van der Waals surface area contributed by atoms with Crippen molar-refractivity contribution in [2.75, 3.05) is 35.0 Å². The van der Waals surface area contributed by atoms with Gasteiger partial charge in [-0.3, -0.25) is 4.79 Å². The van der Waals surface area contributed by atoms with Gasteiger partial charge in [0, 0.05) is 6.54 Å². The van der Waals surface area contributed by atoms with Crippen LogP contribution in [-0.4, -0.2) is 47.1 Å². The Bertz CT molecular complexity index is 899. The SMILES string of the molecule is COc1ccc(/C(=C\c2cc(OC)c(OC)c(OC)c2)CNC(=O)CC(F)(F)F)cc1. The Morgan fingerprint density at radius 3 is 1.97 bits per heavy atom. The topological polar surface area (TPSA) is 66.0 Å². The lowest BCUT2D eigenvalue weighted by Crippen LogP contribution is -2.29. The molecule has 0 saturated heterocycles. The fourth-order valence-corrected chi connectivity index (χ4v) is 2.87. The molecule has 0 aliphatic rings. The fraction of sp³-hybridized carbons (Fsp3) is 0.318. The van der Waals surface area contributed by atoms with E-state index in [-0.39, 0.29) is 6.54 Å². The number of hydrogen-bond donors (Lipinski definition) is 1. The van der Waals surface area contributed by atoms with Gasteiger partial charge in [-0.2, -0.15) is 13.2 Å². The summed E-state index contributed by atoms with van der Waals surface area (Å²) in [5.74, 6) is 0.756. The summed E-state index contributed by atoms with van der Waals surface area (Å²) >= 11 is 0. The summed E-state index contributed by atoms with van der Waals surface area (Å²) in [5.41, 5.74) is 1.92. The molecular weight excluding hydrogens is 415 g/mol. The van der Waals surface area contributed by atoms with E-state index < -0.39 is 18.5 Å². The number of amides is 1. The summed E-state index contributed by atoms with van der Waals surface area (Å²) in [7, 11) is 5.97. The van der Waals surface area contributed by atoms with Crippen molar-refractivity contribution in [3.05, 3.63) is 47.5 Å². The Morgan fingerprint density at radius 2 is 1.52 bits per heavy atom. The van der Waals surface area contributed by atoms with Crippen molar-refractivity contribution in [2.24, 2.45) is 0 Å². The van der Waals surface area contributed by atoms with E-state index in [1.54, 1.807) is 42.5 Å². The smallest absolute Gasteiger partial charge is 0.397 e. The van der Waals surface area contributed by atoms with E-state index >= 15 is 0 Å². The average Bonchev–Trinajstić information content (AvgIpc) is 2.74. The fourth-order valence-electron chi connectivity index (χ4n) is 2.87. The highest BCUT2D eigenvalue weighted by Gasteiger charge is 2.31. The first-order valence-electron chi connectivity index (χ1n) is 9.19. The molecule has 2 aromatic rings. The molecule has 2 rings (SSSR count). The Balaban J connectivity index is 2.43. The van der Waals surface area contributed by atoms with Crippen LogP contribution in [0.25, 0.3) is 11.6 Å². The maximum atomic E-state index is 12.5. The first-order chi connectivity index (χ1) is 14.7. The molecule has 2 aromatic carbocycles. The van der Waals surface area contributed by atoms with Crippen LogP contribution in [0, 0.1) is 0 Å². The highest BCUT2D eigenvalue weighted by atomic mass is 19.4. The second-order valence-corrected chi connectivity index (χ2v) is 6.43. The first kappa shape index (κ1) is 23.9.